The fraction of sp³-hybridized carbons (Fsp3) is 0.212. The Kier molecular flexibility index (Phi) is 10.7. The third-order valence-electron chi connectivity index (χ3n) is 7.14. The predicted molar refractivity (Wildman–Crippen MR) is 163 cm³/mol. The number of hydrogen-bond acceptors (Lipinski definition) is 8. The van der Waals surface area contributed by atoms with E-state index in [9.17, 15) is 43.2 Å². The second-order valence-electron chi connectivity index (χ2n) is 10.2. The molecule has 4 aromatic rings. The van der Waals surface area contributed by atoms with Crippen LogP contribution < -0.4 is 10.1 Å². The van der Waals surface area contributed by atoms with Gasteiger partial charge in [-0.2, -0.15) is 13.2 Å². The van der Waals surface area contributed by atoms with Crippen molar-refractivity contribution in [3.63, 3.8) is 0 Å². The van der Waals surface area contributed by atoms with E-state index < -0.39 is 46.3 Å². The minimum Gasteiger partial charge on any atom is -0.507 e. The summed E-state index contributed by atoms with van der Waals surface area (Å²) >= 11 is 0. The number of aryl methyl sites for hydroxylation is 2. The zero-order valence-corrected chi connectivity index (χ0v) is 25.2. The third kappa shape index (κ3) is 7.16. The van der Waals surface area contributed by atoms with E-state index in [2.05, 4.69) is 5.32 Å². The number of ether oxygens (including phenoxy) is 1. The zero-order chi connectivity index (χ0) is 32.3. The molecule has 12 heteroatoms. The number of carbonyl (C=O) groups is 2. The van der Waals surface area contributed by atoms with Crippen LogP contribution in [0.25, 0.3) is 0 Å². The highest BCUT2D eigenvalue weighted by Crippen LogP contribution is 2.45. The Balaban J connectivity index is 0.000000240. The van der Waals surface area contributed by atoms with Crippen LogP contribution in [0.2, 0.25) is 0 Å². The Hall–Kier alpha value is -4.74. The molecule has 4 aromatic carbocycles. The number of aromatic hydroxyl groups is 4. The van der Waals surface area contributed by atoms with Crippen molar-refractivity contribution >= 4 is 24.0 Å². The van der Waals surface area contributed by atoms with Crippen molar-refractivity contribution in [3.8, 4) is 28.7 Å². The standard InChI is InChI=1S/C17H18F3NO.C16H12O6.ClH/c1-21-12-11-16(13-5-3-2-4-6-13)22-15-9-7-14(8-10-15)17(18,19)20;1-5-3-7(17)9-11(13(5)19)15(21)10-8(18)4-6(2)14(20)12(10)16(9)22;/h2-10,16,21H,11-12H2,1H3;3-4,17-20H,1-2H3;1H. The Bertz CT molecular complexity index is 1640. The quantitative estimate of drug-likeness (QED) is 0.128. The van der Waals surface area contributed by atoms with Crippen molar-refractivity contribution in [1.82, 2.24) is 5.32 Å². The normalized spacial score (nSPS) is 12.7. The third-order valence-corrected chi connectivity index (χ3v) is 7.14. The van der Waals surface area contributed by atoms with Crippen molar-refractivity contribution in [3.05, 3.63) is 111 Å². The number of phenols is 4. The highest BCUT2D eigenvalue weighted by molar-refractivity contribution is 6.32. The van der Waals surface area contributed by atoms with Gasteiger partial charge in [0.15, 0.2) is 0 Å². The van der Waals surface area contributed by atoms with Crippen molar-refractivity contribution in [2.24, 2.45) is 0 Å². The van der Waals surface area contributed by atoms with Gasteiger partial charge in [-0.15, -0.1) is 12.4 Å². The summed E-state index contributed by atoms with van der Waals surface area (Å²) in [5.41, 5.74) is -0.721. The number of alkyl halides is 3. The molecular formula is C33H31ClF3NO7. The van der Waals surface area contributed by atoms with Gasteiger partial charge in [-0.05, 0) is 80.5 Å². The second kappa shape index (κ2) is 13.9. The van der Waals surface area contributed by atoms with Gasteiger partial charge in [-0.1, -0.05) is 30.3 Å². The minimum atomic E-state index is -4.33. The molecule has 1 atom stereocenters. The Morgan fingerprint density at radius 3 is 1.64 bits per heavy atom. The molecule has 0 bridgehead atoms. The summed E-state index contributed by atoms with van der Waals surface area (Å²) in [6.07, 6.45) is -3.81. The number of halogens is 4. The lowest BCUT2D eigenvalue weighted by molar-refractivity contribution is -0.137. The van der Waals surface area contributed by atoms with Gasteiger partial charge >= 0.3 is 6.18 Å². The van der Waals surface area contributed by atoms with Gasteiger partial charge in [-0.25, -0.2) is 0 Å². The molecule has 0 fully saturated rings. The SMILES string of the molecule is CNCCC(Oc1ccc(C(F)(F)F)cc1)c1ccccc1.Cc1cc(O)c2c(c1O)C(=O)c1c(O)cc(C)c(O)c1C2=O.Cl. The molecule has 1 aliphatic carbocycles. The van der Waals surface area contributed by atoms with Crippen LogP contribution in [-0.4, -0.2) is 45.6 Å². The highest BCUT2D eigenvalue weighted by atomic mass is 35.5. The second-order valence-corrected chi connectivity index (χ2v) is 10.2. The van der Waals surface area contributed by atoms with Crippen LogP contribution in [0, 0.1) is 13.8 Å². The first-order valence-electron chi connectivity index (χ1n) is 13.5. The van der Waals surface area contributed by atoms with Crippen molar-refractivity contribution in [2.75, 3.05) is 13.6 Å². The average molecular weight is 646 g/mol. The molecule has 8 nitrogen and oxygen atoms in total. The van der Waals surface area contributed by atoms with Crippen LogP contribution in [0.15, 0.2) is 66.7 Å². The summed E-state index contributed by atoms with van der Waals surface area (Å²) in [5.74, 6) is -3.02. The van der Waals surface area contributed by atoms with E-state index in [1.807, 2.05) is 37.4 Å². The van der Waals surface area contributed by atoms with E-state index >= 15 is 0 Å². The molecule has 0 heterocycles. The molecule has 5 N–H and O–H groups in total. The first kappa shape index (κ1) is 34.7. The molecule has 0 saturated carbocycles. The van der Waals surface area contributed by atoms with Crippen molar-refractivity contribution < 1.29 is 47.9 Å². The molecule has 0 saturated heterocycles. The monoisotopic (exact) mass is 645 g/mol. The first-order chi connectivity index (χ1) is 20.8. The Morgan fingerprint density at radius 2 is 1.22 bits per heavy atom. The lowest BCUT2D eigenvalue weighted by Crippen LogP contribution is -2.22. The van der Waals surface area contributed by atoms with E-state index in [1.165, 1.54) is 26.0 Å². The van der Waals surface area contributed by atoms with Gasteiger partial charge in [0.05, 0.1) is 27.8 Å². The van der Waals surface area contributed by atoms with Crippen LogP contribution in [0.1, 0.15) is 66.6 Å². The fourth-order valence-electron chi connectivity index (χ4n) is 4.85. The molecule has 1 aliphatic rings. The van der Waals surface area contributed by atoms with Gasteiger partial charge in [0, 0.05) is 6.42 Å². The summed E-state index contributed by atoms with van der Waals surface area (Å²) in [6, 6.07) is 16.8. The summed E-state index contributed by atoms with van der Waals surface area (Å²) < 4.78 is 43.6. The van der Waals surface area contributed by atoms with E-state index in [0.717, 1.165) is 42.8 Å². The number of carbonyl (C=O) groups excluding carboxylic acids is 2. The highest BCUT2D eigenvalue weighted by Gasteiger charge is 2.39. The Morgan fingerprint density at radius 1 is 0.756 bits per heavy atom. The van der Waals surface area contributed by atoms with Crippen molar-refractivity contribution in [2.45, 2.75) is 32.5 Å². The van der Waals surface area contributed by atoms with Crippen LogP contribution in [-0.2, 0) is 6.18 Å². The number of fused-ring (bicyclic) bond motifs is 2. The number of phenolic OH excluding ortho intramolecular Hbond substituents is 4. The van der Waals surface area contributed by atoms with Gasteiger partial charge in [0.25, 0.3) is 0 Å². The maximum atomic E-state index is 12.6. The summed E-state index contributed by atoms with van der Waals surface area (Å²) in [7, 11) is 1.85. The smallest absolute Gasteiger partial charge is 0.416 e. The molecule has 0 amide bonds. The van der Waals surface area contributed by atoms with Gasteiger partial charge < -0.3 is 30.5 Å². The summed E-state index contributed by atoms with van der Waals surface area (Å²) in [5, 5.41) is 43.1. The Labute approximate surface area is 263 Å². The molecular weight excluding hydrogens is 615 g/mol. The van der Waals surface area contributed by atoms with Crippen LogP contribution in [0.5, 0.6) is 28.7 Å². The summed E-state index contributed by atoms with van der Waals surface area (Å²) in [4.78, 5) is 25.1. The molecule has 1 unspecified atom stereocenters. The largest absolute Gasteiger partial charge is 0.507 e. The zero-order valence-electron chi connectivity index (χ0n) is 24.4. The van der Waals surface area contributed by atoms with Gasteiger partial charge in [-0.3, -0.25) is 9.59 Å². The maximum Gasteiger partial charge on any atom is 0.416 e. The van der Waals surface area contributed by atoms with E-state index in [1.54, 1.807) is 0 Å². The molecule has 5 rings (SSSR count). The summed E-state index contributed by atoms with van der Waals surface area (Å²) in [6.45, 7) is 3.68. The van der Waals surface area contributed by atoms with Crippen LogP contribution >= 0.6 is 12.4 Å². The number of hydrogen-bond donors (Lipinski definition) is 5. The number of nitrogens with one attached hydrogen (secondary N) is 1. The van der Waals surface area contributed by atoms with Crippen LogP contribution in [0.4, 0.5) is 13.2 Å². The molecule has 0 aromatic heterocycles. The molecule has 238 valence electrons. The average Bonchev–Trinajstić information content (AvgIpc) is 2.98. The van der Waals surface area contributed by atoms with E-state index in [4.69, 9.17) is 4.74 Å². The molecule has 0 radical (unpaired) electrons. The molecule has 0 spiro atoms. The first-order valence-corrected chi connectivity index (χ1v) is 13.5. The predicted octanol–water partition coefficient (Wildman–Crippen LogP) is 6.76. The lowest BCUT2D eigenvalue weighted by Gasteiger charge is -2.22. The van der Waals surface area contributed by atoms with E-state index in [0.29, 0.717) is 5.75 Å². The van der Waals surface area contributed by atoms with Gasteiger partial charge in [0.1, 0.15) is 34.9 Å². The molecule has 0 aliphatic heterocycles. The number of benzene rings is 4. The topological polar surface area (TPSA) is 136 Å². The van der Waals surface area contributed by atoms with Gasteiger partial charge in [0.2, 0.25) is 11.6 Å². The number of rotatable bonds is 6. The van der Waals surface area contributed by atoms with E-state index in [-0.39, 0.29) is 51.9 Å². The number of ketones is 2. The molecule has 45 heavy (non-hydrogen) atoms. The minimum absolute atomic E-state index is 0. The maximum absolute atomic E-state index is 12.6. The lowest BCUT2D eigenvalue weighted by atomic mass is 9.80. The fourth-order valence-corrected chi connectivity index (χ4v) is 4.85. The van der Waals surface area contributed by atoms with Crippen LogP contribution in [0.3, 0.4) is 0 Å². The van der Waals surface area contributed by atoms with Crippen molar-refractivity contribution in [1.29, 1.82) is 0 Å².